The van der Waals surface area contributed by atoms with Crippen LogP contribution in [0.15, 0.2) is 18.2 Å². The van der Waals surface area contributed by atoms with Crippen LogP contribution in [0.1, 0.15) is 29.9 Å². The molecule has 0 spiro atoms. The minimum Gasteiger partial charge on any atom is -0.497 e. The predicted octanol–water partition coefficient (Wildman–Crippen LogP) is 2.44. The van der Waals surface area contributed by atoms with Crippen LogP contribution < -0.4 is 4.74 Å². The molecule has 1 aromatic carbocycles. The molecule has 1 aliphatic carbocycles. The summed E-state index contributed by atoms with van der Waals surface area (Å²) in [5.74, 6) is 1.45. The van der Waals surface area contributed by atoms with Gasteiger partial charge < -0.3 is 4.74 Å². The SMILES string of the molecule is COc1ccc(C#N)c(C2CC2)c1. The maximum absolute atomic E-state index is 8.87. The van der Waals surface area contributed by atoms with Crippen LogP contribution in [0.25, 0.3) is 0 Å². The van der Waals surface area contributed by atoms with Gasteiger partial charge in [0.2, 0.25) is 0 Å². The van der Waals surface area contributed by atoms with E-state index in [0.717, 1.165) is 16.9 Å². The first-order valence-electron chi connectivity index (χ1n) is 4.43. The quantitative estimate of drug-likeness (QED) is 0.688. The van der Waals surface area contributed by atoms with Gasteiger partial charge in [0.15, 0.2) is 0 Å². The van der Waals surface area contributed by atoms with Crippen LogP contribution in [0.3, 0.4) is 0 Å². The number of nitrogens with zero attached hydrogens (tertiary/aromatic N) is 1. The smallest absolute Gasteiger partial charge is 0.119 e. The summed E-state index contributed by atoms with van der Waals surface area (Å²) < 4.78 is 5.12. The summed E-state index contributed by atoms with van der Waals surface area (Å²) in [6.07, 6.45) is 2.42. The number of rotatable bonds is 2. The van der Waals surface area contributed by atoms with Crippen LogP contribution in [0, 0.1) is 11.3 Å². The number of methoxy groups -OCH3 is 1. The number of hydrogen-bond acceptors (Lipinski definition) is 2. The van der Waals surface area contributed by atoms with Crippen LogP contribution in [0.4, 0.5) is 0 Å². The van der Waals surface area contributed by atoms with Crippen molar-refractivity contribution in [1.29, 1.82) is 5.26 Å². The second-order valence-electron chi connectivity index (χ2n) is 3.34. The second-order valence-corrected chi connectivity index (χ2v) is 3.34. The Balaban J connectivity index is 2.42. The van der Waals surface area contributed by atoms with E-state index in [1.165, 1.54) is 12.8 Å². The Bertz CT molecular complexity index is 361. The van der Waals surface area contributed by atoms with Crippen molar-refractivity contribution in [3.05, 3.63) is 29.3 Å². The van der Waals surface area contributed by atoms with Crippen LogP contribution in [0.5, 0.6) is 5.75 Å². The molecular weight excluding hydrogens is 162 g/mol. The Morgan fingerprint density at radius 1 is 1.46 bits per heavy atom. The van der Waals surface area contributed by atoms with Gasteiger partial charge in [-0.05, 0) is 42.5 Å². The fourth-order valence-corrected chi connectivity index (χ4v) is 1.50. The Labute approximate surface area is 77.8 Å². The van der Waals surface area contributed by atoms with Gasteiger partial charge in [-0.2, -0.15) is 5.26 Å². The highest BCUT2D eigenvalue weighted by atomic mass is 16.5. The van der Waals surface area contributed by atoms with Gasteiger partial charge in [-0.3, -0.25) is 0 Å². The molecule has 0 saturated heterocycles. The second kappa shape index (κ2) is 3.10. The molecule has 2 nitrogen and oxygen atoms in total. The predicted molar refractivity (Wildman–Crippen MR) is 49.7 cm³/mol. The van der Waals surface area contributed by atoms with Crippen molar-refractivity contribution >= 4 is 0 Å². The first-order valence-corrected chi connectivity index (χ1v) is 4.43. The lowest BCUT2D eigenvalue weighted by Gasteiger charge is -2.04. The zero-order chi connectivity index (χ0) is 9.26. The zero-order valence-corrected chi connectivity index (χ0v) is 7.58. The molecular formula is C11H11NO. The van der Waals surface area contributed by atoms with Gasteiger partial charge in [0.25, 0.3) is 0 Å². The molecule has 0 atom stereocenters. The van der Waals surface area contributed by atoms with Gasteiger partial charge in [-0.15, -0.1) is 0 Å². The van der Waals surface area contributed by atoms with Crippen molar-refractivity contribution in [1.82, 2.24) is 0 Å². The van der Waals surface area contributed by atoms with E-state index in [-0.39, 0.29) is 0 Å². The van der Waals surface area contributed by atoms with E-state index in [4.69, 9.17) is 10.00 Å². The van der Waals surface area contributed by atoms with E-state index in [0.29, 0.717) is 5.92 Å². The van der Waals surface area contributed by atoms with Crippen molar-refractivity contribution in [2.24, 2.45) is 0 Å². The highest BCUT2D eigenvalue weighted by Gasteiger charge is 2.26. The van der Waals surface area contributed by atoms with E-state index in [1.807, 2.05) is 18.2 Å². The minimum atomic E-state index is 0.602. The number of hydrogen-bond donors (Lipinski definition) is 0. The van der Waals surface area contributed by atoms with Crippen molar-refractivity contribution in [2.45, 2.75) is 18.8 Å². The van der Waals surface area contributed by atoms with Gasteiger partial charge in [0.1, 0.15) is 5.75 Å². The maximum Gasteiger partial charge on any atom is 0.119 e. The van der Waals surface area contributed by atoms with E-state index < -0.39 is 0 Å². The average molecular weight is 173 g/mol. The molecule has 2 rings (SSSR count). The van der Waals surface area contributed by atoms with E-state index in [9.17, 15) is 0 Å². The van der Waals surface area contributed by atoms with Gasteiger partial charge in [0.05, 0.1) is 18.7 Å². The zero-order valence-electron chi connectivity index (χ0n) is 7.58. The van der Waals surface area contributed by atoms with Crippen molar-refractivity contribution in [3.63, 3.8) is 0 Å². The molecule has 13 heavy (non-hydrogen) atoms. The minimum absolute atomic E-state index is 0.602. The third-order valence-corrected chi connectivity index (χ3v) is 2.40. The van der Waals surface area contributed by atoms with Crippen LogP contribution in [0.2, 0.25) is 0 Å². The maximum atomic E-state index is 8.87. The van der Waals surface area contributed by atoms with E-state index >= 15 is 0 Å². The molecule has 1 aromatic rings. The standard InChI is InChI=1S/C11H11NO/c1-13-10-5-4-9(7-12)11(6-10)8-2-3-8/h4-6,8H,2-3H2,1H3. The van der Waals surface area contributed by atoms with Gasteiger partial charge in [-0.25, -0.2) is 0 Å². The van der Waals surface area contributed by atoms with Crippen molar-refractivity contribution in [2.75, 3.05) is 7.11 Å². The van der Waals surface area contributed by atoms with E-state index in [1.54, 1.807) is 7.11 Å². The summed E-state index contributed by atoms with van der Waals surface area (Å²) >= 11 is 0. The molecule has 2 heteroatoms. The molecule has 1 fully saturated rings. The van der Waals surface area contributed by atoms with Gasteiger partial charge >= 0.3 is 0 Å². The fraction of sp³-hybridized carbons (Fsp3) is 0.364. The summed E-state index contributed by atoms with van der Waals surface area (Å²) in [5.41, 5.74) is 1.95. The summed E-state index contributed by atoms with van der Waals surface area (Å²) in [7, 11) is 1.65. The summed E-state index contributed by atoms with van der Waals surface area (Å²) in [6.45, 7) is 0. The number of nitriles is 1. The molecule has 0 radical (unpaired) electrons. The van der Waals surface area contributed by atoms with Crippen LogP contribution in [-0.2, 0) is 0 Å². The first kappa shape index (κ1) is 8.12. The van der Waals surface area contributed by atoms with Crippen LogP contribution >= 0.6 is 0 Å². The largest absolute Gasteiger partial charge is 0.497 e. The molecule has 0 aliphatic heterocycles. The Hall–Kier alpha value is -1.49. The van der Waals surface area contributed by atoms with Crippen molar-refractivity contribution < 1.29 is 4.74 Å². The monoisotopic (exact) mass is 173 g/mol. The number of ether oxygens (including phenoxy) is 1. The summed E-state index contributed by atoms with van der Waals surface area (Å²) in [5, 5.41) is 8.87. The Kier molecular flexibility index (Phi) is 1.94. The Morgan fingerprint density at radius 2 is 2.23 bits per heavy atom. The molecule has 1 aliphatic rings. The molecule has 0 aromatic heterocycles. The first-order chi connectivity index (χ1) is 6.35. The lowest BCUT2D eigenvalue weighted by molar-refractivity contribution is 0.414. The molecule has 0 amide bonds. The van der Waals surface area contributed by atoms with Crippen molar-refractivity contribution in [3.8, 4) is 11.8 Å². The fourth-order valence-electron chi connectivity index (χ4n) is 1.50. The highest BCUT2D eigenvalue weighted by molar-refractivity contribution is 5.46. The van der Waals surface area contributed by atoms with E-state index in [2.05, 4.69) is 6.07 Å². The molecule has 0 bridgehead atoms. The lowest BCUT2D eigenvalue weighted by atomic mass is 10.0. The summed E-state index contributed by atoms with van der Waals surface area (Å²) in [6, 6.07) is 7.87. The molecule has 1 saturated carbocycles. The normalized spacial score (nSPS) is 15.1. The lowest BCUT2D eigenvalue weighted by Crippen LogP contribution is -1.89. The highest BCUT2D eigenvalue weighted by Crippen LogP contribution is 2.42. The summed E-state index contributed by atoms with van der Waals surface area (Å²) in [4.78, 5) is 0. The third kappa shape index (κ3) is 1.50. The average Bonchev–Trinajstić information content (AvgIpc) is 3.00. The van der Waals surface area contributed by atoms with Gasteiger partial charge in [0, 0.05) is 0 Å². The molecule has 0 heterocycles. The number of benzene rings is 1. The molecule has 66 valence electrons. The Morgan fingerprint density at radius 3 is 2.77 bits per heavy atom. The molecule has 0 N–H and O–H groups in total. The third-order valence-electron chi connectivity index (χ3n) is 2.40. The van der Waals surface area contributed by atoms with Gasteiger partial charge in [-0.1, -0.05) is 0 Å². The van der Waals surface area contributed by atoms with Crippen LogP contribution in [-0.4, -0.2) is 7.11 Å². The molecule has 0 unspecified atom stereocenters. The topological polar surface area (TPSA) is 33.0 Å².